The summed E-state index contributed by atoms with van der Waals surface area (Å²) in [6, 6.07) is 4.76. The van der Waals surface area contributed by atoms with E-state index in [2.05, 4.69) is 10.1 Å². The van der Waals surface area contributed by atoms with Crippen molar-refractivity contribution in [1.82, 2.24) is 5.32 Å². The van der Waals surface area contributed by atoms with Crippen LogP contribution in [0.2, 0.25) is 0 Å². The Morgan fingerprint density at radius 2 is 1.91 bits per heavy atom. The fourth-order valence-corrected chi connectivity index (χ4v) is 1.79. The number of hydrogen-bond acceptors (Lipinski definition) is 5. The van der Waals surface area contributed by atoms with Crippen molar-refractivity contribution < 1.29 is 23.9 Å². The zero-order chi connectivity index (χ0) is 16.8. The Hall–Kier alpha value is -2.37. The van der Waals surface area contributed by atoms with Crippen LogP contribution in [0.3, 0.4) is 0 Å². The molecule has 0 spiro atoms. The number of methoxy groups -OCH3 is 1. The van der Waals surface area contributed by atoms with Crippen molar-refractivity contribution in [2.45, 2.75) is 32.8 Å². The summed E-state index contributed by atoms with van der Waals surface area (Å²) < 4.78 is 9.76. The molecule has 1 aromatic carbocycles. The molecule has 0 atom stereocenters. The lowest BCUT2D eigenvalue weighted by atomic mass is 10.0. The number of nitrogens with one attached hydrogen (secondary N) is 1. The molecule has 0 radical (unpaired) electrons. The number of esters is 1. The van der Waals surface area contributed by atoms with Crippen molar-refractivity contribution in [1.29, 1.82) is 0 Å². The van der Waals surface area contributed by atoms with Crippen molar-refractivity contribution in [3.8, 4) is 0 Å². The highest BCUT2D eigenvalue weighted by atomic mass is 16.6. The van der Waals surface area contributed by atoms with Crippen LogP contribution in [0.25, 0.3) is 0 Å². The number of ether oxygens (including phenoxy) is 2. The van der Waals surface area contributed by atoms with Crippen LogP contribution in [0.5, 0.6) is 0 Å². The van der Waals surface area contributed by atoms with Crippen LogP contribution in [0, 0.1) is 0 Å². The molecule has 6 nitrogen and oxygen atoms in total. The first-order chi connectivity index (χ1) is 10.2. The molecular weight excluding hydrogens is 286 g/mol. The average Bonchev–Trinajstić information content (AvgIpc) is 2.44. The van der Waals surface area contributed by atoms with Crippen LogP contribution >= 0.6 is 0 Å². The fraction of sp³-hybridized carbons (Fsp3) is 0.438. The molecule has 1 aromatic rings. The number of rotatable bonds is 5. The van der Waals surface area contributed by atoms with Crippen molar-refractivity contribution in [2.24, 2.45) is 0 Å². The molecule has 0 unspecified atom stereocenters. The van der Waals surface area contributed by atoms with E-state index in [4.69, 9.17) is 4.74 Å². The van der Waals surface area contributed by atoms with E-state index >= 15 is 0 Å². The van der Waals surface area contributed by atoms with Gasteiger partial charge in [0.25, 0.3) is 0 Å². The first-order valence-electron chi connectivity index (χ1n) is 6.89. The minimum Gasteiger partial charge on any atom is -0.465 e. The number of alkyl carbamates (subject to hydrolysis) is 1. The average molecular weight is 307 g/mol. The molecule has 0 aliphatic rings. The minimum absolute atomic E-state index is 0.305. The second-order valence-electron chi connectivity index (χ2n) is 5.75. The Kier molecular flexibility index (Phi) is 6.10. The van der Waals surface area contributed by atoms with Gasteiger partial charge in [-0.3, -0.25) is 4.79 Å². The van der Waals surface area contributed by atoms with Crippen molar-refractivity contribution in [3.63, 3.8) is 0 Å². The quantitative estimate of drug-likeness (QED) is 0.667. The van der Waals surface area contributed by atoms with Gasteiger partial charge >= 0.3 is 12.1 Å². The molecule has 0 aromatic heterocycles. The summed E-state index contributed by atoms with van der Waals surface area (Å²) in [6.07, 6.45) is 0.620. The maximum Gasteiger partial charge on any atom is 0.407 e. The molecule has 1 amide bonds. The van der Waals surface area contributed by atoms with Crippen LogP contribution in [-0.4, -0.2) is 37.6 Å². The molecule has 0 saturated heterocycles. The van der Waals surface area contributed by atoms with Gasteiger partial charge in [-0.15, -0.1) is 0 Å². The molecular formula is C16H21NO5. The summed E-state index contributed by atoms with van der Waals surface area (Å²) in [6.45, 7) is 5.67. The maximum atomic E-state index is 11.5. The number of aldehydes is 1. The second-order valence-corrected chi connectivity index (χ2v) is 5.75. The summed E-state index contributed by atoms with van der Waals surface area (Å²) >= 11 is 0. The predicted octanol–water partition coefficient (Wildman–Crippen LogP) is 2.35. The molecule has 6 heteroatoms. The molecule has 22 heavy (non-hydrogen) atoms. The Morgan fingerprint density at radius 3 is 2.45 bits per heavy atom. The SMILES string of the molecule is COC(=O)c1cc(C=O)cc(CCNC(=O)OC(C)(C)C)c1. The van der Waals surface area contributed by atoms with E-state index in [1.165, 1.54) is 13.2 Å². The Bertz CT molecular complexity index is 560. The van der Waals surface area contributed by atoms with Crippen LogP contribution in [0.1, 0.15) is 47.1 Å². The zero-order valence-electron chi connectivity index (χ0n) is 13.3. The van der Waals surface area contributed by atoms with E-state index < -0.39 is 17.7 Å². The number of benzene rings is 1. The highest BCUT2D eigenvalue weighted by Crippen LogP contribution is 2.11. The van der Waals surface area contributed by atoms with E-state index in [0.29, 0.717) is 30.4 Å². The van der Waals surface area contributed by atoms with Crippen LogP contribution in [-0.2, 0) is 15.9 Å². The molecule has 120 valence electrons. The third kappa shape index (κ3) is 5.95. The fourth-order valence-electron chi connectivity index (χ4n) is 1.79. The van der Waals surface area contributed by atoms with Gasteiger partial charge < -0.3 is 14.8 Å². The van der Waals surface area contributed by atoms with Crippen molar-refractivity contribution in [3.05, 3.63) is 34.9 Å². The molecule has 1 rings (SSSR count). The van der Waals surface area contributed by atoms with Crippen LogP contribution in [0.15, 0.2) is 18.2 Å². The van der Waals surface area contributed by atoms with E-state index in [1.54, 1.807) is 32.9 Å². The number of carbonyl (C=O) groups excluding carboxylic acids is 3. The van der Waals surface area contributed by atoms with Crippen molar-refractivity contribution >= 4 is 18.3 Å². The number of carbonyl (C=O) groups is 3. The highest BCUT2D eigenvalue weighted by Gasteiger charge is 2.15. The summed E-state index contributed by atoms with van der Waals surface area (Å²) in [4.78, 5) is 34.0. The van der Waals surface area contributed by atoms with Crippen LogP contribution < -0.4 is 5.32 Å². The third-order valence-corrected chi connectivity index (χ3v) is 2.65. The largest absolute Gasteiger partial charge is 0.465 e. The van der Waals surface area contributed by atoms with Gasteiger partial charge in [0.15, 0.2) is 0 Å². The summed E-state index contributed by atoms with van der Waals surface area (Å²) in [7, 11) is 1.28. The van der Waals surface area contributed by atoms with Gasteiger partial charge in [-0.25, -0.2) is 9.59 Å². The van der Waals surface area contributed by atoms with Crippen LogP contribution in [0.4, 0.5) is 4.79 Å². The van der Waals surface area contributed by atoms with E-state index in [0.717, 1.165) is 5.56 Å². The molecule has 0 saturated carbocycles. The van der Waals surface area contributed by atoms with E-state index in [1.807, 2.05) is 0 Å². The van der Waals surface area contributed by atoms with E-state index in [9.17, 15) is 14.4 Å². The standard InChI is InChI=1S/C16H21NO5/c1-16(2,3)22-15(20)17-6-5-11-7-12(10-18)9-13(8-11)14(19)21-4/h7-10H,5-6H2,1-4H3,(H,17,20). The highest BCUT2D eigenvalue weighted by molar-refractivity contribution is 5.91. The van der Waals surface area contributed by atoms with Gasteiger partial charge in [0.1, 0.15) is 11.9 Å². The van der Waals surface area contributed by atoms with Gasteiger partial charge in [-0.2, -0.15) is 0 Å². The first-order valence-corrected chi connectivity index (χ1v) is 6.89. The number of hydrogen-bond donors (Lipinski definition) is 1. The molecule has 0 heterocycles. The van der Waals surface area contributed by atoms with Crippen molar-refractivity contribution in [2.75, 3.05) is 13.7 Å². The third-order valence-electron chi connectivity index (χ3n) is 2.65. The lowest BCUT2D eigenvalue weighted by Gasteiger charge is -2.19. The molecule has 0 fully saturated rings. The Balaban J connectivity index is 2.67. The smallest absolute Gasteiger partial charge is 0.407 e. The summed E-state index contributed by atoms with van der Waals surface area (Å²) in [5, 5.41) is 2.62. The van der Waals surface area contributed by atoms with Gasteiger partial charge in [-0.05, 0) is 51.0 Å². The second kappa shape index (κ2) is 7.59. The van der Waals surface area contributed by atoms with E-state index in [-0.39, 0.29) is 0 Å². The predicted molar refractivity (Wildman–Crippen MR) is 81.1 cm³/mol. The van der Waals surface area contributed by atoms with Gasteiger partial charge in [-0.1, -0.05) is 0 Å². The van der Waals surface area contributed by atoms with Gasteiger partial charge in [0, 0.05) is 12.1 Å². The molecule has 0 aliphatic heterocycles. The lowest BCUT2D eigenvalue weighted by molar-refractivity contribution is 0.0526. The first kappa shape index (κ1) is 17.7. The molecule has 1 N–H and O–H groups in total. The summed E-state index contributed by atoms with van der Waals surface area (Å²) in [5.74, 6) is -0.509. The zero-order valence-corrected chi connectivity index (χ0v) is 13.3. The monoisotopic (exact) mass is 307 g/mol. The Morgan fingerprint density at radius 1 is 1.23 bits per heavy atom. The number of amides is 1. The summed E-state index contributed by atoms with van der Waals surface area (Å²) in [5.41, 5.74) is 0.884. The maximum absolute atomic E-state index is 11.5. The van der Waals surface area contributed by atoms with Gasteiger partial charge in [0.05, 0.1) is 12.7 Å². The lowest BCUT2D eigenvalue weighted by Crippen LogP contribution is -2.33. The van der Waals surface area contributed by atoms with Gasteiger partial charge in [0.2, 0.25) is 0 Å². The molecule has 0 bridgehead atoms. The topological polar surface area (TPSA) is 81.7 Å². The Labute approximate surface area is 129 Å². The minimum atomic E-state index is -0.556. The normalized spacial score (nSPS) is 10.7. The molecule has 0 aliphatic carbocycles.